The number of non-ortho nitro benzene ring substituents is 1. The van der Waals surface area contributed by atoms with E-state index < -0.39 is 14.9 Å². The summed E-state index contributed by atoms with van der Waals surface area (Å²) in [5, 5.41) is 10.6. The lowest BCUT2D eigenvalue weighted by Crippen LogP contribution is -2.31. The van der Waals surface area contributed by atoms with Crippen LogP contribution < -0.4 is 4.31 Å². The van der Waals surface area contributed by atoms with E-state index in [9.17, 15) is 18.5 Å². The smallest absolute Gasteiger partial charge is 0.269 e. The zero-order valence-corrected chi connectivity index (χ0v) is 10.6. The molecule has 0 saturated heterocycles. The highest BCUT2D eigenvalue weighted by atomic mass is 35.5. The third kappa shape index (κ3) is 3.57. The Hall–Kier alpha value is -1.34. The second-order valence-corrected chi connectivity index (χ2v) is 5.59. The third-order valence-electron chi connectivity index (χ3n) is 2.02. The molecule has 17 heavy (non-hydrogen) atoms. The lowest BCUT2D eigenvalue weighted by atomic mass is 10.3. The van der Waals surface area contributed by atoms with E-state index in [-0.39, 0.29) is 23.8 Å². The summed E-state index contributed by atoms with van der Waals surface area (Å²) in [5.41, 5.74) is 0.0769. The van der Waals surface area contributed by atoms with Crippen LogP contribution in [0.15, 0.2) is 24.3 Å². The molecule has 0 saturated carbocycles. The van der Waals surface area contributed by atoms with Gasteiger partial charge in [0.1, 0.15) is 0 Å². The van der Waals surface area contributed by atoms with E-state index in [0.29, 0.717) is 0 Å². The van der Waals surface area contributed by atoms with Crippen molar-refractivity contribution >= 4 is 33.0 Å². The maximum absolute atomic E-state index is 11.5. The second-order valence-electron chi connectivity index (χ2n) is 3.30. The van der Waals surface area contributed by atoms with Crippen LogP contribution in [0.3, 0.4) is 0 Å². The molecule has 1 aromatic carbocycles. The largest absolute Gasteiger partial charge is 0.271 e. The number of nitro groups is 1. The summed E-state index contributed by atoms with van der Waals surface area (Å²) in [6.45, 7) is 0.0710. The first kappa shape index (κ1) is 13.7. The van der Waals surface area contributed by atoms with E-state index >= 15 is 0 Å². The lowest BCUT2D eigenvalue weighted by molar-refractivity contribution is -0.384. The van der Waals surface area contributed by atoms with Crippen LogP contribution in [-0.2, 0) is 10.0 Å². The highest BCUT2D eigenvalue weighted by Gasteiger charge is 2.18. The first-order valence-electron chi connectivity index (χ1n) is 4.64. The molecule has 1 rings (SSSR count). The van der Waals surface area contributed by atoms with Crippen LogP contribution in [0.4, 0.5) is 11.4 Å². The van der Waals surface area contributed by atoms with Gasteiger partial charge in [-0.2, -0.15) is 0 Å². The molecule has 0 aliphatic carbocycles. The normalized spacial score (nSPS) is 11.2. The van der Waals surface area contributed by atoms with Gasteiger partial charge < -0.3 is 0 Å². The number of benzene rings is 1. The summed E-state index contributed by atoms with van der Waals surface area (Å²) in [4.78, 5) is 10.0. The van der Waals surface area contributed by atoms with E-state index in [1.807, 2.05) is 0 Å². The van der Waals surface area contributed by atoms with E-state index in [1.165, 1.54) is 24.3 Å². The SMILES string of the molecule is CS(=O)(=O)N(CCCl)c1cccc([N+](=O)[O-])c1. The van der Waals surface area contributed by atoms with Crippen molar-refractivity contribution in [3.8, 4) is 0 Å². The fourth-order valence-electron chi connectivity index (χ4n) is 1.32. The summed E-state index contributed by atoms with van der Waals surface area (Å²) < 4.78 is 24.0. The summed E-state index contributed by atoms with van der Waals surface area (Å²) in [5.74, 6) is 0.107. The van der Waals surface area contributed by atoms with Crippen LogP contribution in [0.2, 0.25) is 0 Å². The van der Waals surface area contributed by atoms with Gasteiger partial charge in [0.25, 0.3) is 5.69 Å². The van der Waals surface area contributed by atoms with Gasteiger partial charge in [-0.15, -0.1) is 11.6 Å². The topological polar surface area (TPSA) is 80.5 Å². The van der Waals surface area contributed by atoms with Gasteiger partial charge >= 0.3 is 0 Å². The monoisotopic (exact) mass is 278 g/mol. The van der Waals surface area contributed by atoms with E-state index in [0.717, 1.165) is 10.6 Å². The summed E-state index contributed by atoms with van der Waals surface area (Å²) in [6.07, 6.45) is 1.03. The Kier molecular flexibility index (Phi) is 4.30. The van der Waals surface area contributed by atoms with Gasteiger partial charge in [-0.3, -0.25) is 14.4 Å². The average molecular weight is 279 g/mol. The van der Waals surface area contributed by atoms with Crippen molar-refractivity contribution < 1.29 is 13.3 Å². The number of hydrogen-bond donors (Lipinski definition) is 0. The van der Waals surface area contributed by atoms with Crippen LogP contribution in [0.1, 0.15) is 0 Å². The van der Waals surface area contributed by atoms with Crippen LogP contribution in [0.5, 0.6) is 0 Å². The number of anilines is 1. The number of nitrogens with zero attached hydrogens (tertiary/aromatic N) is 2. The third-order valence-corrected chi connectivity index (χ3v) is 3.38. The van der Waals surface area contributed by atoms with Crippen LogP contribution in [0, 0.1) is 10.1 Å². The molecule has 1 aromatic rings. The molecule has 0 spiro atoms. The summed E-state index contributed by atoms with van der Waals surface area (Å²) >= 11 is 5.51. The molecule has 6 nitrogen and oxygen atoms in total. The van der Waals surface area contributed by atoms with Gasteiger partial charge in [0, 0.05) is 24.6 Å². The molecule has 0 N–H and O–H groups in total. The molecule has 8 heteroatoms. The van der Waals surface area contributed by atoms with Gasteiger partial charge in [-0.25, -0.2) is 8.42 Å². The number of alkyl halides is 1. The van der Waals surface area contributed by atoms with Crippen molar-refractivity contribution in [2.45, 2.75) is 0 Å². The predicted octanol–water partition coefficient (Wildman–Crippen LogP) is 1.60. The Morgan fingerprint density at radius 1 is 1.47 bits per heavy atom. The van der Waals surface area contributed by atoms with E-state index in [1.54, 1.807) is 0 Å². The minimum Gasteiger partial charge on any atom is -0.269 e. The van der Waals surface area contributed by atoms with Crippen LogP contribution in [0.25, 0.3) is 0 Å². The minimum absolute atomic E-state index is 0.0710. The van der Waals surface area contributed by atoms with Crippen molar-refractivity contribution in [1.82, 2.24) is 0 Å². The van der Waals surface area contributed by atoms with Crippen molar-refractivity contribution in [3.05, 3.63) is 34.4 Å². The first-order chi connectivity index (χ1) is 7.86. The molecule has 0 fully saturated rings. The fourth-order valence-corrected chi connectivity index (χ4v) is 2.51. The number of halogens is 1. The molecular formula is C9H11ClN2O4S. The summed E-state index contributed by atoms with van der Waals surface area (Å²) in [7, 11) is -3.50. The number of hydrogen-bond acceptors (Lipinski definition) is 4. The Balaban J connectivity index is 3.19. The van der Waals surface area contributed by atoms with Gasteiger partial charge in [0.15, 0.2) is 0 Å². The molecule has 0 radical (unpaired) electrons. The predicted molar refractivity (Wildman–Crippen MR) is 66.0 cm³/mol. The Morgan fingerprint density at radius 3 is 2.59 bits per heavy atom. The van der Waals surface area contributed by atoms with Gasteiger partial charge in [0.2, 0.25) is 10.0 Å². The Labute approximate surface area is 104 Å². The number of rotatable bonds is 5. The zero-order chi connectivity index (χ0) is 13.1. The van der Waals surface area contributed by atoms with Crippen molar-refractivity contribution in [2.24, 2.45) is 0 Å². The van der Waals surface area contributed by atoms with E-state index in [4.69, 9.17) is 11.6 Å². The number of nitro benzene ring substituents is 1. The summed E-state index contributed by atoms with van der Waals surface area (Å²) in [6, 6.07) is 5.42. The Morgan fingerprint density at radius 2 is 2.12 bits per heavy atom. The maximum atomic E-state index is 11.5. The van der Waals surface area contributed by atoms with E-state index in [2.05, 4.69) is 0 Å². The van der Waals surface area contributed by atoms with Crippen molar-refractivity contribution in [3.63, 3.8) is 0 Å². The van der Waals surface area contributed by atoms with Gasteiger partial charge in [-0.1, -0.05) is 6.07 Å². The fraction of sp³-hybridized carbons (Fsp3) is 0.333. The van der Waals surface area contributed by atoms with Gasteiger partial charge in [-0.05, 0) is 6.07 Å². The first-order valence-corrected chi connectivity index (χ1v) is 7.02. The molecule has 0 aliphatic heterocycles. The molecule has 0 unspecified atom stereocenters. The number of sulfonamides is 1. The molecular weight excluding hydrogens is 268 g/mol. The van der Waals surface area contributed by atoms with Crippen molar-refractivity contribution in [1.29, 1.82) is 0 Å². The van der Waals surface area contributed by atoms with Crippen LogP contribution >= 0.6 is 11.6 Å². The van der Waals surface area contributed by atoms with Crippen LogP contribution in [-0.4, -0.2) is 32.0 Å². The average Bonchev–Trinajstić information content (AvgIpc) is 2.24. The quantitative estimate of drug-likeness (QED) is 0.465. The standard InChI is InChI=1S/C9H11ClN2O4S/c1-17(15,16)11(6-5-10)8-3-2-4-9(7-8)12(13)14/h2-4,7H,5-6H2,1H3. The molecule has 0 heterocycles. The minimum atomic E-state index is -3.50. The molecule has 94 valence electrons. The zero-order valence-electron chi connectivity index (χ0n) is 9.04. The maximum Gasteiger partial charge on any atom is 0.271 e. The highest BCUT2D eigenvalue weighted by Crippen LogP contribution is 2.22. The van der Waals surface area contributed by atoms with Crippen molar-refractivity contribution in [2.75, 3.05) is 23.0 Å². The highest BCUT2D eigenvalue weighted by molar-refractivity contribution is 7.92. The molecule has 0 amide bonds. The molecule has 0 aromatic heterocycles. The molecule has 0 aliphatic rings. The molecule has 0 bridgehead atoms. The lowest BCUT2D eigenvalue weighted by Gasteiger charge is -2.20. The van der Waals surface area contributed by atoms with Gasteiger partial charge in [0.05, 0.1) is 16.9 Å². The molecule has 0 atom stereocenters. The Bertz CT molecular complexity index is 517. The second kappa shape index (κ2) is 5.33.